The van der Waals surface area contributed by atoms with Crippen LogP contribution in [0.25, 0.3) is 11.1 Å². The third kappa shape index (κ3) is 5.96. The van der Waals surface area contributed by atoms with Crippen LogP contribution in [0, 0.1) is 0 Å². The zero-order valence-corrected chi connectivity index (χ0v) is 19.4. The molecule has 0 unspecified atom stereocenters. The van der Waals surface area contributed by atoms with Crippen molar-refractivity contribution in [2.75, 3.05) is 27.4 Å². The van der Waals surface area contributed by atoms with Gasteiger partial charge in [-0.3, -0.25) is 0 Å². The van der Waals surface area contributed by atoms with Gasteiger partial charge in [0.05, 0.1) is 20.3 Å². The molecule has 0 amide bonds. The molecule has 1 aromatic heterocycles. The van der Waals surface area contributed by atoms with Gasteiger partial charge in [-0.2, -0.15) is 0 Å². The number of rotatable bonds is 11. The van der Waals surface area contributed by atoms with Crippen molar-refractivity contribution in [1.82, 2.24) is 15.0 Å². The molecule has 1 N–H and O–H groups in total. The van der Waals surface area contributed by atoms with E-state index in [-0.39, 0.29) is 18.1 Å². The van der Waals surface area contributed by atoms with Gasteiger partial charge in [0.25, 0.3) is 5.88 Å². The molecule has 0 spiro atoms. The third-order valence-electron chi connectivity index (χ3n) is 5.20. The van der Waals surface area contributed by atoms with E-state index in [0.29, 0.717) is 19.0 Å². The fourth-order valence-electron chi connectivity index (χ4n) is 3.36. The Balaban J connectivity index is 1.49. The van der Waals surface area contributed by atoms with Crippen LogP contribution in [0.4, 0.5) is 0 Å². The minimum Gasteiger partial charge on any atom is -0.497 e. The molecule has 0 aliphatic carbocycles. The maximum absolute atomic E-state index is 11.7. The zero-order valence-electron chi connectivity index (χ0n) is 19.4. The lowest BCUT2D eigenvalue weighted by Gasteiger charge is -2.10. The van der Waals surface area contributed by atoms with E-state index in [9.17, 15) is 9.90 Å². The fourth-order valence-corrected chi connectivity index (χ4v) is 3.36. The summed E-state index contributed by atoms with van der Waals surface area (Å²) in [6.45, 7) is 1.31. The van der Waals surface area contributed by atoms with Gasteiger partial charge in [0, 0.05) is 7.11 Å². The Bertz CT molecular complexity index is 1250. The first-order valence-electron chi connectivity index (χ1n) is 10.9. The number of hydrogen-bond donors (Lipinski definition) is 1. The largest absolute Gasteiger partial charge is 0.497 e. The van der Waals surface area contributed by atoms with E-state index in [1.165, 1.54) is 4.68 Å². The molecule has 0 radical (unpaired) electrons. The van der Waals surface area contributed by atoms with Gasteiger partial charge in [0.1, 0.15) is 23.9 Å². The van der Waals surface area contributed by atoms with Gasteiger partial charge in [-0.15, -0.1) is 5.10 Å². The summed E-state index contributed by atoms with van der Waals surface area (Å²) in [7, 11) is 3.23. The van der Waals surface area contributed by atoms with Gasteiger partial charge in [-0.05, 0) is 53.1 Å². The average molecular weight is 476 g/mol. The number of nitrogens with zero attached hydrogens (tertiary/aromatic N) is 3. The molecule has 180 valence electrons. The van der Waals surface area contributed by atoms with E-state index in [4.69, 9.17) is 18.9 Å². The van der Waals surface area contributed by atoms with Crippen molar-refractivity contribution >= 4 is 5.97 Å². The predicted octanol–water partition coefficient (Wildman–Crippen LogP) is 4.52. The number of benzene rings is 3. The minimum atomic E-state index is -1.22. The average Bonchev–Trinajstić information content (AvgIpc) is 3.28. The molecular weight excluding hydrogens is 450 g/mol. The summed E-state index contributed by atoms with van der Waals surface area (Å²) in [5.41, 5.74) is 2.62. The number of methoxy groups -OCH3 is 2. The van der Waals surface area contributed by atoms with Crippen LogP contribution in [0.3, 0.4) is 0 Å². The highest BCUT2D eigenvalue weighted by molar-refractivity contribution is 5.87. The highest BCUT2D eigenvalue weighted by Gasteiger charge is 2.22. The molecule has 4 aromatic rings. The summed E-state index contributed by atoms with van der Waals surface area (Å²) in [5.74, 6) is 0.797. The van der Waals surface area contributed by atoms with Crippen LogP contribution in [0.5, 0.6) is 23.1 Å². The molecule has 9 nitrogen and oxygen atoms in total. The number of hydrogen-bond acceptors (Lipinski definition) is 7. The molecular formula is C26H25N3O6. The van der Waals surface area contributed by atoms with Crippen molar-refractivity contribution < 1.29 is 28.8 Å². The Morgan fingerprint density at radius 2 is 1.43 bits per heavy atom. The van der Waals surface area contributed by atoms with Gasteiger partial charge in [0.2, 0.25) is 5.69 Å². The van der Waals surface area contributed by atoms with Gasteiger partial charge in [0.15, 0.2) is 0 Å². The lowest BCUT2D eigenvalue weighted by Crippen LogP contribution is -2.06. The second kappa shape index (κ2) is 11.2. The standard InChI is InChI=1S/C26H25N3O6/c1-32-15-16-34-22-11-5-19(6-12-22)20-7-13-23(14-8-20)35-25-24(26(30)31)27-28-29(25)17-18-3-9-21(33-2)10-4-18/h3-14H,15-17H2,1-2H3,(H,30,31). The number of carboxylic acid groups (broad SMARTS) is 1. The molecule has 0 aliphatic heterocycles. The predicted molar refractivity (Wildman–Crippen MR) is 128 cm³/mol. The molecule has 0 atom stereocenters. The second-order valence-electron chi connectivity index (χ2n) is 7.55. The van der Waals surface area contributed by atoms with Gasteiger partial charge in [-0.1, -0.05) is 41.6 Å². The van der Waals surface area contributed by atoms with Crippen LogP contribution in [-0.4, -0.2) is 53.5 Å². The van der Waals surface area contributed by atoms with E-state index >= 15 is 0 Å². The molecule has 0 saturated heterocycles. The van der Waals surface area contributed by atoms with Crippen LogP contribution < -0.4 is 14.2 Å². The van der Waals surface area contributed by atoms with Gasteiger partial charge >= 0.3 is 5.97 Å². The second-order valence-corrected chi connectivity index (χ2v) is 7.55. The Kier molecular flexibility index (Phi) is 7.59. The first-order chi connectivity index (χ1) is 17.1. The Hall–Kier alpha value is -4.37. The molecule has 4 rings (SSSR count). The van der Waals surface area contributed by atoms with Crippen LogP contribution in [0.2, 0.25) is 0 Å². The van der Waals surface area contributed by atoms with E-state index in [1.807, 2.05) is 60.7 Å². The van der Waals surface area contributed by atoms with E-state index < -0.39 is 5.97 Å². The molecule has 0 fully saturated rings. The Morgan fingerprint density at radius 1 is 0.829 bits per heavy atom. The molecule has 3 aromatic carbocycles. The monoisotopic (exact) mass is 475 g/mol. The van der Waals surface area contributed by atoms with E-state index in [1.54, 1.807) is 26.4 Å². The highest BCUT2D eigenvalue weighted by Crippen LogP contribution is 2.29. The maximum atomic E-state index is 11.7. The molecule has 1 heterocycles. The van der Waals surface area contributed by atoms with Crippen molar-refractivity contribution in [1.29, 1.82) is 0 Å². The lowest BCUT2D eigenvalue weighted by molar-refractivity contribution is 0.0687. The lowest BCUT2D eigenvalue weighted by atomic mass is 10.1. The first-order valence-corrected chi connectivity index (χ1v) is 10.9. The molecule has 0 aliphatic rings. The topological polar surface area (TPSA) is 105 Å². The van der Waals surface area contributed by atoms with Crippen molar-refractivity contribution in [3.05, 3.63) is 84.1 Å². The SMILES string of the molecule is COCCOc1ccc(-c2ccc(Oc3c(C(=O)O)nnn3Cc3ccc(OC)cc3)cc2)cc1. The number of ether oxygens (including phenoxy) is 4. The quantitative estimate of drug-likeness (QED) is 0.316. The van der Waals surface area contributed by atoms with Crippen molar-refractivity contribution in [2.24, 2.45) is 0 Å². The van der Waals surface area contributed by atoms with Crippen LogP contribution in [0.15, 0.2) is 72.8 Å². The summed E-state index contributed by atoms with van der Waals surface area (Å²) >= 11 is 0. The van der Waals surface area contributed by atoms with Gasteiger partial charge in [-0.25, -0.2) is 9.48 Å². The highest BCUT2D eigenvalue weighted by atomic mass is 16.5. The Labute approximate surface area is 202 Å². The van der Waals surface area contributed by atoms with Gasteiger partial charge < -0.3 is 24.1 Å². The molecule has 9 heteroatoms. The van der Waals surface area contributed by atoms with E-state index in [2.05, 4.69) is 10.3 Å². The summed E-state index contributed by atoms with van der Waals surface area (Å²) in [5, 5.41) is 17.3. The zero-order chi connectivity index (χ0) is 24.6. The van der Waals surface area contributed by atoms with Crippen LogP contribution in [-0.2, 0) is 11.3 Å². The summed E-state index contributed by atoms with van der Waals surface area (Å²) in [4.78, 5) is 11.7. The minimum absolute atomic E-state index is 0.0543. The normalized spacial score (nSPS) is 10.7. The van der Waals surface area contributed by atoms with E-state index in [0.717, 1.165) is 28.2 Å². The third-order valence-corrected chi connectivity index (χ3v) is 5.20. The summed E-state index contributed by atoms with van der Waals surface area (Å²) in [6.07, 6.45) is 0. The number of aromatic carboxylic acids is 1. The summed E-state index contributed by atoms with van der Waals surface area (Å²) in [6, 6.07) is 22.5. The number of carbonyl (C=O) groups is 1. The van der Waals surface area contributed by atoms with Crippen LogP contribution in [0.1, 0.15) is 16.1 Å². The fraction of sp³-hybridized carbons (Fsp3) is 0.192. The van der Waals surface area contributed by atoms with Crippen molar-refractivity contribution in [2.45, 2.75) is 6.54 Å². The molecule has 0 saturated carbocycles. The number of carboxylic acids is 1. The van der Waals surface area contributed by atoms with Crippen molar-refractivity contribution in [3.8, 4) is 34.3 Å². The number of aromatic nitrogens is 3. The molecule has 0 bridgehead atoms. The smallest absolute Gasteiger partial charge is 0.362 e. The maximum Gasteiger partial charge on any atom is 0.362 e. The Morgan fingerprint density at radius 3 is 2.00 bits per heavy atom. The van der Waals surface area contributed by atoms with Crippen LogP contribution >= 0.6 is 0 Å². The van der Waals surface area contributed by atoms with Crippen molar-refractivity contribution in [3.63, 3.8) is 0 Å². The first kappa shape index (κ1) is 23.8. The summed E-state index contributed by atoms with van der Waals surface area (Å²) < 4.78 is 23.1. The molecule has 35 heavy (non-hydrogen) atoms.